The highest BCUT2D eigenvalue weighted by molar-refractivity contribution is 7.15. The van der Waals surface area contributed by atoms with Gasteiger partial charge in [0, 0.05) is 24.3 Å². The van der Waals surface area contributed by atoms with E-state index in [2.05, 4.69) is 15.0 Å². The van der Waals surface area contributed by atoms with Crippen molar-refractivity contribution in [1.82, 2.24) is 14.7 Å². The van der Waals surface area contributed by atoms with E-state index in [1.807, 2.05) is 22.2 Å². The lowest BCUT2D eigenvalue weighted by Crippen LogP contribution is -2.34. The summed E-state index contributed by atoms with van der Waals surface area (Å²) in [6.07, 6.45) is 3.91. The smallest absolute Gasteiger partial charge is 0.322 e. The Hall–Kier alpha value is -1.40. The van der Waals surface area contributed by atoms with E-state index < -0.39 is 0 Å². The molecule has 16 heavy (non-hydrogen) atoms. The molecule has 6 heteroatoms. The van der Waals surface area contributed by atoms with Gasteiger partial charge in [-0.1, -0.05) is 0 Å². The Bertz CT molecular complexity index is 462. The van der Waals surface area contributed by atoms with Gasteiger partial charge in [-0.15, -0.1) is 11.3 Å². The molecule has 1 atom stereocenters. The van der Waals surface area contributed by atoms with E-state index in [1.165, 1.54) is 7.11 Å². The number of ether oxygens (including phenoxy) is 1. The standard InChI is InChI=1S/C10H13N3O2S/c1-7(9(14)15-2)11-5-8-6-13-3-4-16-10(13)12-8/h3-4,6-7,11H,5H2,1-2H3. The van der Waals surface area contributed by atoms with Crippen molar-refractivity contribution >= 4 is 22.3 Å². The fourth-order valence-corrected chi connectivity index (χ4v) is 2.10. The Labute approximate surface area is 97.1 Å². The molecule has 2 rings (SSSR count). The maximum absolute atomic E-state index is 11.1. The average Bonchev–Trinajstić information content (AvgIpc) is 2.84. The molecule has 1 N–H and O–H groups in total. The number of rotatable bonds is 4. The molecule has 86 valence electrons. The molecule has 0 spiro atoms. The van der Waals surface area contributed by atoms with Crippen LogP contribution < -0.4 is 5.32 Å². The third-order valence-corrected chi connectivity index (χ3v) is 3.06. The van der Waals surface area contributed by atoms with Crippen LogP contribution in [-0.2, 0) is 16.1 Å². The lowest BCUT2D eigenvalue weighted by atomic mass is 10.3. The molecule has 2 aromatic rings. The van der Waals surface area contributed by atoms with Crippen molar-refractivity contribution in [3.63, 3.8) is 0 Å². The van der Waals surface area contributed by atoms with Gasteiger partial charge in [0.2, 0.25) is 0 Å². The average molecular weight is 239 g/mol. The molecule has 0 saturated carbocycles. The highest BCUT2D eigenvalue weighted by Crippen LogP contribution is 2.11. The van der Waals surface area contributed by atoms with Crippen LogP contribution in [0.5, 0.6) is 0 Å². The number of carbonyl (C=O) groups is 1. The zero-order chi connectivity index (χ0) is 11.5. The first kappa shape index (κ1) is 11.1. The molecule has 5 nitrogen and oxygen atoms in total. The number of hydrogen-bond acceptors (Lipinski definition) is 5. The molecule has 0 radical (unpaired) electrons. The predicted octanol–water partition coefficient (Wildman–Crippen LogP) is 1.05. The minimum Gasteiger partial charge on any atom is -0.468 e. The summed E-state index contributed by atoms with van der Waals surface area (Å²) in [7, 11) is 1.38. The molecule has 0 aliphatic carbocycles. The summed E-state index contributed by atoms with van der Waals surface area (Å²) >= 11 is 1.59. The molecule has 0 aromatic carbocycles. The monoisotopic (exact) mass is 239 g/mol. The van der Waals surface area contributed by atoms with E-state index in [9.17, 15) is 4.79 Å². The van der Waals surface area contributed by atoms with Crippen LogP contribution in [0.3, 0.4) is 0 Å². The van der Waals surface area contributed by atoms with Gasteiger partial charge in [-0.25, -0.2) is 4.98 Å². The second kappa shape index (κ2) is 4.63. The summed E-state index contributed by atoms with van der Waals surface area (Å²) in [5, 5.41) is 5.04. The first-order valence-electron chi connectivity index (χ1n) is 4.93. The van der Waals surface area contributed by atoms with Gasteiger partial charge >= 0.3 is 5.97 Å². The van der Waals surface area contributed by atoms with Crippen LogP contribution in [0.2, 0.25) is 0 Å². The van der Waals surface area contributed by atoms with E-state index in [0.29, 0.717) is 6.54 Å². The minimum absolute atomic E-state index is 0.263. The van der Waals surface area contributed by atoms with E-state index >= 15 is 0 Å². The van der Waals surface area contributed by atoms with Crippen LogP contribution in [0.25, 0.3) is 4.96 Å². The summed E-state index contributed by atoms with van der Waals surface area (Å²) in [6, 6.07) is -0.315. The van der Waals surface area contributed by atoms with Gasteiger partial charge in [0.25, 0.3) is 0 Å². The molecule has 2 heterocycles. The van der Waals surface area contributed by atoms with E-state index in [0.717, 1.165) is 10.7 Å². The van der Waals surface area contributed by atoms with Crippen molar-refractivity contribution < 1.29 is 9.53 Å². The number of carbonyl (C=O) groups excluding carboxylic acids is 1. The van der Waals surface area contributed by atoms with E-state index in [4.69, 9.17) is 0 Å². The van der Waals surface area contributed by atoms with Crippen molar-refractivity contribution in [1.29, 1.82) is 0 Å². The number of fused-ring (bicyclic) bond motifs is 1. The molecule has 0 amide bonds. The van der Waals surface area contributed by atoms with Gasteiger partial charge in [0.05, 0.1) is 12.8 Å². The predicted molar refractivity (Wildman–Crippen MR) is 61.4 cm³/mol. The first-order valence-corrected chi connectivity index (χ1v) is 5.81. The van der Waals surface area contributed by atoms with Crippen LogP contribution in [0.4, 0.5) is 0 Å². The summed E-state index contributed by atoms with van der Waals surface area (Å²) in [4.78, 5) is 16.5. The molecule has 0 saturated heterocycles. The first-order chi connectivity index (χ1) is 7.70. The Balaban J connectivity index is 1.95. The van der Waals surface area contributed by atoms with Gasteiger partial charge in [0.1, 0.15) is 6.04 Å². The molecule has 0 bridgehead atoms. The zero-order valence-electron chi connectivity index (χ0n) is 9.14. The quantitative estimate of drug-likeness (QED) is 0.810. The largest absolute Gasteiger partial charge is 0.468 e. The molecule has 0 aliphatic rings. The summed E-state index contributed by atoms with van der Waals surface area (Å²) in [5.41, 5.74) is 0.919. The Morgan fingerprint density at radius 1 is 1.75 bits per heavy atom. The lowest BCUT2D eigenvalue weighted by molar-refractivity contribution is -0.142. The van der Waals surface area contributed by atoms with Crippen molar-refractivity contribution in [2.75, 3.05) is 7.11 Å². The van der Waals surface area contributed by atoms with Crippen molar-refractivity contribution in [2.24, 2.45) is 0 Å². The van der Waals surface area contributed by atoms with Gasteiger partial charge in [-0.3, -0.25) is 14.5 Å². The van der Waals surface area contributed by atoms with Crippen LogP contribution in [0.15, 0.2) is 17.8 Å². The van der Waals surface area contributed by atoms with Gasteiger partial charge in [0.15, 0.2) is 4.96 Å². The van der Waals surface area contributed by atoms with Crippen molar-refractivity contribution in [3.8, 4) is 0 Å². The highest BCUT2D eigenvalue weighted by atomic mass is 32.1. The fourth-order valence-electron chi connectivity index (χ4n) is 1.38. The minimum atomic E-state index is -0.315. The Morgan fingerprint density at radius 3 is 3.25 bits per heavy atom. The zero-order valence-corrected chi connectivity index (χ0v) is 9.95. The van der Waals surface area contributed by atoms with Gasteiger partial charge in [-0.2, -0.15) is 0 Å². The number of aromatic nitrogens is 2. The fraction of sp³-hybridized carbons (Fsp3) is 0.400. The Kier molecular flexibility index (Phi) is 3.21. The molecular weight excluding hydrogens is 226 g/mol. The van der Waals surface area contributed by atoms with Crippen molar-refractivity contribution in [2.45, 2.75) is 19.5 Å². The summed E-state index contributed by atoms with van der Waals surface area (Å²) in [6.45, 7) is 2.33. The maximum atomic E-state index is 11.1. The molecule has 2 aromatic heterocycles. The maximum Gasteiger partial charge on any atom is 0.322 e. The van der Waals surface area contributed by atoms with Gasteiger partial charge < -0.3 is 4.74 Å². The third-order valence-electron chi connectivity index (χ3n) is 2.29. The second-order valence-corrected chi connectivity index (χ2v) is 4.32. The second-order valence-electron chi connectivity index (χ2n) is 3.45. The molecule has 1 unspecified atom stereocenters. The van der Waals surface area contributed by atoms with E-state index in [1.54, 1.807) is 18.3 Å². The van der Waals surface area contributed by atoms with Crippen LogP contribution in [0, 0.1) is 0 Å². The number of imidazole rings is 1. The third kappa shape index (κ3) is 2.23. The molecule has 0 fully saturated rings. The topological polar surface area (TPSA) is 55.6 Å². The van der Waals surface area contributed by atoms with Gasteiger partial charge in [-0.05, 0) is 6.92 Å². The number of methoxy groups -OCH3 is 1. The highest BCUT2D eigenvalue weighted by Gasteiger charge is 2.12. The summed E-state index contributed by atoms with van der Waals surface area (Å²) in [5.74, 6) is -0.263. The Morgan fingerprint density at radius 2 is 2.56 bits per heavy atom. The number of thiazole rings is 1. The number of nitrogens with one attached hydrogen (secondary N) is 1. The number of esters is 1. The number of hydrogen-bond donors (Lipinski definition) is 1. The van der Waals surface area contributed by atoms with Crippen LogP contribution >= 0.6 is 11.3 Å². The molecule has 0 aliphatic heterocycles. The van der Waals surface area contributed by atoms with Crippen molar-refractivity contribution in [3.05, 3.63) is 23.5 Å². The lowest BCUT2D eigenvalue weighted by Gasteiger charge is -2.09. The number of nitrogens with zero attached hydrogens (tertiary/aromatic N) is 2. The normalized spacial score (nSPS) is 12.9. The molecular formula is C10H13N3O2S. The van der Waals surface area contributed by atoms with Crippen LogP contribution in [-0.4, -0.2) is 28.5 Å². The summed E-state index contributed by atoms with van der Waals surface area (Å²) < 4.78 is 6.58. The van der Waals surface area contributed by atoms with Crippen LogP contribution in [0.1, 0.15) is 12.6 Å². The van der Waals surface area contributed by atoms with E-state index in [-0.39, 0.29) is 12.0 Å². The SMILES string of the molecule is COC(=O)C(C)NCc1cn2ccsc2n1.